The minimum atomic E-state index is -2.59. The molecular weight excluding hydrogens is 410 g/mol. The van der Waals surface area contributed by atoms with Crippen LogP contribution in [0.2, 0.25) is 0 Å². The maximum atomic E-state index is 14.1. The fourth-order valence-corrected chi connectivity index (χ4v) is 5.05. The normalized spacial score (nSPS) is 17.2. The van der Waals surface area contributed by atoms with Crippen molar-refractivity contribution in [3.8, 4) is 11.1 Å². The standard InChI is InChI=1S/C25H26F2N4O/c1-25(2)20-8-7-17(11-22(20)30(4)24(25)32)31-9-5-6-15-10-18(16-13-28-29(3)14-16)19(23(26)27)12-21(15)31/h7-8,10-14,23H,5-6,9H2,1-4H3. The van der Waals surface area contributed by atoms with Gasteiger partial charge >= 0.3 is 0 Å². The van der Waals surface area contributed by atoms with Gasteiger partial charge in [0.2, 0.25) is 5.91 Å². The van der Waals surface area contributed by atoms with Crippen molar-refractivity contribution < 1.29 is 13.6 Å². The van der Waals surface area contributed by atoms with Crippen molar-refractivity contribution in [2.45, 2.75) is 38.5 Å². The van der Waals surface area contributed by atoms with E-state index in [1.807, 2.05) is 38.1 Å². The number of carbonyl (C=O) groups excluding carboxylic acids is 1. The maximum absolute atomic E-state index is 14.1. The summed E-state index contributed by atoms with van der Waals surface area (Å²) in [4.78, 5) is 16.5. The molecule has 0 N–H and O–H groups in total. The minimum absolute atomic E-state index is 0.0123. The van der Waals surface area contributed by atoms with Crippen molar-refractivity contribution in [1.82, 2.24) is 9.78 Å². The molecule has 166 valence electrons. The average molecular weight is 437 g/mol. The molecule has 3 aromatic rings. The Balaban J connectivity index is 1.62. The lowest BCUT2D eigenvalue weighted by molar-refractivity contribution is -0.121. The Morgan fingerprint density at radius 2 is 1.88 bits per heavy atom. The van der Waals surface area contributed by atoms with Crippen molar-refractivity contribution in [3.63, 3.8) is 0 Å². The van der Waals surface area contributed by atoms with E-state index in [0.29, 0.717) is 11.1 Å². The third kappa shape index (κ3) is 3.02. The van der Waals surface area contributed by atoms with E-state index in [4.69, 9.17) is 0 Å². The molecule has 0 radical (unpaired) electrons. The van der Waals surface area contributed by atoms with Crippen molar-refractivity contribution in [2.75, 3.05) is 23.4 Å². The molecule has 0 fully saturated rings. The predicted octanol–water partition coefficient (Wildman–Crippen LogP) is 5.36. The van der Waals surface area contributed by atoms with Crippen LogP contribution >= 0.6 is 0 Å². The molecular formula is C25H26F2N4O. The molecule has 5 nitrogen and oxygen atoms in total. The summed E-state index contributed by atoms with van der Waals surface area (Å²) in [5, 5.41) is 4.16. The van der Waals surface area contributed by atoms with Crippen molar-refractivity contribution >= 4 is 23.0 Å². The molecule has 7 heteroatoms. The number of hydrogen-bond acceptors (Lipinski definition) is 3. The Bertz CT molecular complexity index is 1230. The highest BCUT2D eigenvalue weighted by atomic mass is 19.3. The van der Waals surface area contributed by atoms with Crippen LogP contribution in [0.25, 0.3) is 11.1 Å². The summed E-state index contributed by atoms with van der Waals surface area (Å²) >= 11 is 0. The summed E-state index contributed by atoms with van der Waals surface area (Å²) in [6.45, 7) is 4.60. The number of carbonyl (C=O) groups is 1. The molecule has 0 atom stereocenters. The highest BCUT2D eigenvalue weighted by Crippen LogP contribution is 2.45. The number of alkyl halides is 2. The second-order valence-corrected chi connectivity index (χ2v) is 9.22. The fourth-order valence-electron chi connectivity index (χ4n) is 5.05. The van der Waals surface area contributed by atoms with Crippen LogP contribution in [-0.2, 0) is 23.7 Å². The molecule has 32 heavy (non-hydrogen) atoms. The molecule has 0 saturated carbocycles. The van der Waals surface area contributed by atoms with Crippen LogP contribution in [0.4, 0.5) is 25.8 Å². The van der Waals surface area contributed by atoms with Gasteiger partial charge in [-0.15, -0.1) is 0 Å². The lowest BCUT2D eigenvalue weighted by Gasteiger charge is -2.33. The molecule has 3 heterocycles. The zero-order valence-electron chi connectivity index (χ0n) is 18.7. The third-order valence-corrected chi connectivity index (χ3v) is 6.79. The fraction of sp³-hybridized carbons (Fsp3) is 0.360. The van der Waals surface area contributed by atoms with Gasteiger partial charge in [0.15, 0.2) is 0 Å². The molecule has 0 aliphatic carbocycles. The van der Waals surface area contributed by atoms with Crippen LogP contribution in [0.5, 0.6) is 0 Å². The van der Waals surface area contributed by atoms with Crippen LogP contribution in [-0.4, -0.2) is 29.3 Å². The number of nitrogens with zero attached hydrogens (tertiary/aromatic N) is 4. The number of likely N-dealkylation sites (N-methyl/N-ethyl adjacent to an activating group) is 1. The van der Waals surface area contributed by atoms with E-state index < -0.39 is 11.8 Å². The Kier molecular flexibility index (Phi) is 4.62. The summed E-state index contributed by atoms with van der Waals surface area (Å²) in [5.74, 6) is 0.0600. The highest BCUT2D eigenvalue weighted by Gasteiger charge is 2.42. The quantitative estimate of drug-likeness (QED) is 0.555. The topological polar surface area (TPSA) is 41.4 Å². The number of aromatic nitrogens is 2. The van der Waals surface area contributed by atoms with E-state index in [-0.39, 0.29) is 11.5 Å². The van der Waals surface area contributed by atoms with Gasteiger partial charge in [-0.2, -0.15) is 5.10 Å². The average Bonchev–Trinajstić information content (AvgIpc) is 3.28. The number of rotatable bonds is 3. The van der Waals surface area contributed by atoms with E-state index in [1.165, 1.54) is 0 Å². The van der Waals surface area contributed by atoms with Crippen LogP contribution in [0.1, 0.15) is 43.4 Å². The zero-order valence-corrected chi connectivity index (χ0v) is 18.7. The number of fused-ring (bicyclic) bond motifs is 2. The molecule has 2 aliphatic heterocycles. The van der Waals surface area contributed by atoms with Gasteiger partial charge in [-0.1, -0.05) is 6.07 Å². The molecule has 0 unspecified atom stereocenters. The number of halogens is 2. The number of aryl methyl sites for hydroxylation is 2. The van der Waals surface area contributed by atoms with Crippen LogP contribution in [0, 0.1) is 0 Å². The van der Waals surface area contributed by atoms with Crippen LogP contribution < -0.4 is 9.80 Å². The molecule has 1 aromatic heterocycles. The minimum Gasteiger partial charge on any atom is -0.341 e. The molecule has 2 aromatic carbocycles. The summed E-state index contributed by atoms with van der Waals surface area (Å²) < 4.78 is 29.8. The van der Waals surface area contributed by atoms with E-state index in [2.05, 4.69) is 10.00 Å². The van der Waals surface area contributed by atoms with Gasteiger partial charge in [-0.05, 0) is 67.6 Å². The molecule has 2 aliphatic rings. The first kappa shape index (κ1) is 20.7. The third-order valence-electron chi connectivity index (χ3n) is 6.79. The second kappa shape index (κ2) is 7.15. The molecule has 0 bridgehead atoms. The number of amides is 1. The van der Waals surface area contributed by atoms with E-state index in [1.54, 1.807) is 42.1 Å². The Hall–Kier alpha value is -3.22. The van der Waals surface area contributed by atoms with Gasteiger partial charge in [0.05, 0.1) is 11.6 Å². The molecule has 5 rings (SSSR count). The van der Waals surface area contributed by atoms with E-state index >= 15 is 0 Å². The Morgan fingerprint density at radius 1 is 1.09 bits per heavy atom. The Morgan fingerprint density at radius 3 is 2.56 bits per heavy atom. The molecule has 0 spiro atoms. The van der Waals surface area contributed by atoms with Gasteiger partial charge in [0.1, 0.15) is 0 Å². The monoisotopic (exact) mass is 436 g/mol. The first-order chi connectivity index (χ1) is 15.2. The van der Waals surface area contributed by atoms with E-state index in [0.717, 1.165) is 47.6 Å². The smallest absolute Gasteiger partial charge is 0.264 e. The number of hydrogen-bond donors (Lipinski definition) is 0. The number of benzene rings is 2. The summed E-state index contributed by atoms with van der Waals surface area (Å²) in [6, 6.07) is 9.53. The van der Waals surface area contributed by atoms with Gasteiger partial charge in [-0.3, -0.25) is 9.48 Å². The van der Waals surface area contributed by atoms with Gasteiger partial charge in [-0.25, -0.2) is 8.78 Å². The van der Waals surface area contributed by atoms with Crippen molar-refractivity contribution in [3.05, 3.63) is 59.4 Å². The summed E-state index contributed by atoms with van der Waals surface area (Å²) in [7, 11) is 3.57. The molecule has 0 saturated heterocycles. The first-order valence-corrected chi connectivity index (χ1v) is 10.8. The maximum Gasteiger partial charge on any atom is 0.264 e. The summed E-state index contributed by atoms with van der Waals surface area (Å²) in [6.07, 6.45) is 2.56. The van der Waals surface area contributed by atoms with Gasteiger partial charge < -0.3 is 9.80 Å². The number of anilines is 3. The van der Waals surface area contributed by atoms with Gasteiger partial charge in [0, 0.05) is 55.0 Å². The molecule has 1 amide bonds. The summed E-state index contributed by atoms with van der Waals surface area (Å²) in [5.41, 5.74) is 5.32. The van der Waals surface area contributed by atoms with E-state index in [9.17, 15) is 13.6 Å². The van der Waals surface area contributed by atoms with Gasteiger partial charge in [0.25, 0.3) is 6.43 Å². The van der Waals surface area contributed by atoms with Crippen LogP contribution in [0.15, 0.2) is 42.7 Å². The second-order valence-electron chi connectivity index (χ2n) is 9.22. The lowest BCUT2D eigenvalue weighted by Crippen LogP contribution is -2.33. The van der Waals surface area contributed by atoms with Crippen molar-refractivity contribution in [2.24, 2.45) is 7.05 Å². The highest BCUT2D eigenvalue weighted by molar-refractivity contribution is 6.07. The first-order valence-electron chi connectivity index (χ1n) is 10.8. The largest absolute Gasteiger partial charge is 0.341 e. The van der Waals surface area contributed by atoms with Crippen molar-refractivity contribution in [1.29, 1.82) is 0 Å². The lowest BCUT2D eigenvalue weighted by atomic mass is 9.86. The SMILES string of the molecule is CN1C(=O)C(C)(C)c2ccc(N3CCCc4cc(-c5cnn(C)c5)c(C(F)F)cc43)cc21. The zero-order chi connectivity index (χ0) is 22.8. The predicted molar refractivity (Wildman–Crippen MR) is 122 cm³/mol. The van der Waals surface area contributed by atoms with Crippen LogP contribution in [0.3, 0.4) is 0 Å². The Labute approximate surface area is 186 Å².